The molecule has 0 saturated heterocycles. The summed E-state index contributed by atoms with van der Waals surface area (Å²) in [5.74, 6) is 0. The number of hydrogen-bond acceptors (Lipinski definition) is 2. The Hall–Kier alpha value is -2.65. The van der Waals surface area contributed by atoms with Gasteiger partial charge in [0, 0.05) is 34.7 Å². The number of nitrogens with zero attached hydrogens (tertiary/aromatic N) is 1. The number of pyridine rings is 2. The zero-order valence-corrected chi connectivity index (χ0v) is 16.1. The summed E-state index contributed by atoms with van der Waals surface area (Å²) in [6.45, 7) is 8.22. The highest BCUT2D eigenvalue weighted by atomic mass is 35.5. The fourth-order valence-electron chi connectivity index (χ4n) is 2.81. The quantitative estimate of drug-likeness (QED) is 0.438. The van der Waals surface area contributed by atoms with Gasteiger partial charge in [-0.25, -0.2) is 0 Å². The maximum absolute atomic E-state index is 11.4. The normalized spacial score (nSPS) is 10.7. The number of H-pyrrole nitrogens is 1. The van der Waals surface area contributed by atoms with Gasteiger partial charge in [-0.2, -0.15) is 0 Å². The van der Waals surface area contributed by atoms with Crippen LogP contribution in [-0.2, 0) is 0 Å². The summed E-state index contributed by atoms with van der Waals surface area (Å²) in [4.78, 5) is 18.7. The zero-order chi connectivity index (χ0) is 18.8. The van der Waals surface area contributed by atoms with Gasteiger partial charge in [0.2, 0.25) is 0 Å². The van der Waals surface area contributed by atoms with Crippen molar-refractivity contribution in [2.45, 2.75) is 27.7 Å². The largest absolute Gasteiger partial charge is 0.361 e. The molecule has 0 amide bonds. The SMILES string of the molecule is Cc1cc2[nH]ccc(=O)c2cc1C.Cc1cc2nccc(Cl)c2cc1C. The number of aromatic nitrogens is 2. The Morgan fingerprint density at radius 2 is 1.46 bits per heavy atom. The van der Waals surface area contributed by atoms with Crippen molar-refractivity contribution in [1.29, 1.82) is 0 Å². The third-order valence-corrected chi connectivity index (χ3v) is 5.01. The van der Waals surface area contributed by atoms with Gasteiger partial charge >= 0.3 is 0 Å². The number of aryl methyl sites for hydroxylation is 4. The summed E-state index contributed by atoms with van der Waals surface area (Å²) in [6.07, 6.45) is 3.42. The smallest absolute Gasteiger partial charge is 0.189 e. The van der Waals surface area contributed by atoms with Crippen molar-refractivity contribution in [3.8, 4) is 0 Å². The molecule has 26 heavy (non-hydrogen) atoms. The van der Waals surface area contributed by atoms with Crippen LogP contribution in [0, 0.1) is 27.7 Å². The van der Waals surface area contributed by atoms with Crippen molar-refractivity contribution in [2.24, 2.45) is 0 Å². The van der Waals surface area contributed by atoms with Crippen LogP contribution in [0.2, 0.25) is 5.02 Å². The van der Waals surface area contributed by atoms with Crippen LogP contribution in [0.15, 0.2) is 53.6 Å². The molecule has 4 rings (SSSR count). The lowest BCUT2D eigenvalue weighted by molar-refractivity contribution is 1.32. The van der Waals surface area contributed by atoms with Crippen LogP contribution in [0.5, 0.6) is 0 Å². The lowest BCUT2D eigenvalue weighted by Gasteiger charge is -2.03. The molecule has 0 unspecified atom stereocenters. The Balaban J connectivity index is 0.000000151. The number of halogens is 1. The monoisotopic (exact) mass is 364 g/mol. The van der Waals surface area contributed by atoms with Crippen LogP contribution in [-0.4, -0.2) is 9.97 Å². The lowest BCUT2D eigenvalue weighted by atomic mass is 10.1. The Morgan fingerprint density at radius 3 is 2.19 bits per heavy atom. The molecule has 0 saturated carbocycles. The van der Waals surface area contributed by atoms with Crippen molar-refractivity contribution in [3.63, 3.8) is 0 Å². The third-order valence-electron chi connectivity index (χ3n) is 4.68. The molecule has 0 aliphatic carbocycles. The molecular weight excluding hydrogens is 344 g/mol. The van der Waals surface area contributed by atoms with Gasteiger partial charge < -0.3 is 4.98 Å². The van der Waals surface area contributed by atoms with Crippen molar-refractivity contribution >= 4 is 33.4 Å². The fourth-order valence-corrected chi connectivity index (χ4v) is 3.02. The van der Waals surface area contributed by atoms with E-state index in [1.807, 2.05) is 32.0 Å². The van der Waals surface area contributed by atoms with Crippen molar-refractivity contribution < 1.29 is 0 Å². The maximum atomic E-state index is 11.4. The first-order valence-corrected chi connectivity index (χ1v) is 8.84. The highest BCUT2D eigenvalue weighted by Crippen LogP contribution is 2.24. The predicted molar refractivity (Wildman–Crippen MR) is 110 cm³/mol. The Labute approximate surface area is 157 Å². The maximum Gasteiger partial charge on any atom is 0.189 e. The van der Waals surface area contributed by atoms with Gasteiger partial charge in [-0.1, -0.05) is 11.6 Å². The topological polar surface area (TPSA) is 45.8 Å². The van der Waals surface area contributed by atoms with E-state index in [0.717, 1.165) is 32.4 Å². The molecule has 0 fully saturated rings. The van der Waals surface area contributed by atoms with E-state index in [1.165, 1.54) is 16.7 Å². The first kappa shape index (κ1) is 18.2. The Kier molecular flexibility index (Phi) is 5.10. The molecule has 1 N–H and O–H groups in total. The summed E-state index contributed by atoms with van der Waals surface area (Å²) in [5, 5.41) is 2.57. The van der Waals surface area contributed by atoms with E-state index in [0.29, 0.717) is 0 Å². The van der Waals surface area contributed by atoms with E-state index >= 15 is 0 Å². The van der Waals surface area contributed by atoms with Gasteiger partial charge in [-0.3, -0.25) is 9.78 Å². The average molecular weight is 365 g/mol. The predicted octanol–water partition coefficient (Wildman–Crippen LogP) is 5.65. The number of nitrogens with one attached hydrogen (secondary N) is 1. The summed E-state index contributed by atoms with van der Waals surface area (Å²) >= 11 is 6.04. The molecule has 0 atom stereocenters. The summed E-state index contributed by atoms with van der Waals surface area (Å²) in [6, 6.07) is 11.5. The van der Waals surface area contributed by atoms with Gasteiger partial charge in [-0.15, -0.1) is 0 Å². The second-order valence-electron chi connectivity index (χ2n) is 6.57. The van der Waals surface area contributed by atoms with Crippen molar-refractivity contribution in [1.82, 2.24) is 9.97 Å². The number of aromatic amines is 1. The van der Waals surface area contributed by atoms with E-state index < -0.39 is 0 Å². The first-order valence-electron chi connectivity index (χ1n) is 8.47. The van der Waals surface area contributed by atoms with Crippen molar-refractivity contribution in [2.75, 3.05) is 0 Å². The molecule has 3 nitrogen and oxygen atoms in total. The van der Waals surface area contributed by atoms with Gasteiger partial charge in [0.05, 0.1) is 10.5 Å². The average Bonchev–Trinajstić information content (AvgIpc) is 2.60. The standard InChI is InChI=1S/C11H10ClN.C11H11NO/c1-7-5-9-10(12)3-4-13-11(9)6-8(7)2;1-7-5-9-10(6-8(7)2)12-4-3-11(9)13/h3-6H,1-2H3;3-6H,1-2H3,(H,12,13). The molecular formula is C22H21ClN2O. The minimum absolute atomic E-state index is 0.0804. The Bertz CT molecular complexity index is 1160. The van der Waals surface area contributed by atoms with Crippen LogP contribution in [0.4, 0.5) is 0 Å². The summed E-state index contributed by atoms with van der Waals surface area (Å²) in [5.41, 5.74) is 6.83. The molecule has 2 heterocycles. The summed E-state index contributed by atoms with van der Waals surface area (Å²) in [7, 11) is 0. The number of benzene rings is 2. The van der Waals surface area contributed by atoms with Crippen LogP contribution in [0.1, 0.15) is 22.3 Å². The van der Waals surface area contributed by atoms with Crippen LogP contribution < -0.4 is 5.43 Å². The molecule has 0 aliphatic heterocycles. The minimum atomic E-state index is 0.0804. The van der Waals surface area contributed by atoms with Gasteiger partial charge in [0.1, 0.15) is 0 Å². The van der Waals surface area contributed by atoms with E-state index in [4.69, 9.17) is 11.6 Å². The molecule has 0 aliphatic rings. The minimum Gasteiger partial charge on any atom is -0.361 e. The van der Waals surface area contributed by atoms with E-state index in [-0.39, 0.29) is 5.43 Å². The highest BCUT2D eigenvalue weighted by Gasteiger charge is 2.02. The highest BCUT2D eigenvalue weighted by molar-refractivity contribution is 6.35. The van der Waals surface area contributed by atoms with Gasteiger partial charge in [-0.05, 0) is 80.3 Å². The molecule has 2 aromatic heterocycles. The van der Waals surface area contributed by atoms with Crippen LogP contribution in [0.3, 0.4) is 0 Å². The third kappa shape index (κ3) is 3.63. The molecule has 4 heteroatoms. The van der Waals surface area contributed by atoms with Crippen LogP contribution >= 0.6 is 11.6 Å². The molecule has 0 bridgehead atoms. The van der Waals surface area contributed by atoms with Gasteiger partial charge in [0.25, 0.3) is 0 Å². The molecule has 132 valence electrons. The fraction of sp³-hybridized carbons (Fsp3) is 0.182. The number of fused-ring (bicyclic) bond motifs is 2. The second-order valence-corrected chi connectivity index (χ2v) is 6.98. The zero-order valence-electron chi connectivity index (χ0n) is 15.4. The van der Waals surface area contributed by atoms with Crippen molar-refractivity contribution in [3.05, 3.63) is 86.3 Å². The number of hydrogen-bond donors (Lipinski definition) is 1. The Morgan fingerprint density at radius 1 is 0.846 bits per heavy atom. The van der Waals surface area contributed by atoms with E-state index in [9.17, 15) is 4.79 Å². The lowest BCUT2D eigenvalue weighted by Crippen LogP contribution is -2.00. The van der Waals surface area contributed by atoms with Crippen LogP contribution in [0.25, 0.3) is 21.8 Å². The van der Waals surface area contributed by atoms with E-state index in [1.54, 1.807) is 18.5 Å². The summed E-state index contributed by atoms with van der Waals surface area (Å²) < 4.78 is 0. The molecule has 0 spiro atoms. The first-order chi connectivity index (χ1) is 12.4. The van der Waals surface area contributed by atoms with Gasteiger partial charge in [0.15, 0.2) is 5.43 Å². The second kappa shape index (κ2) is 7.30. The number of rotatable bonds is 0. The molecule has 4 aromatic rings. The molecule has 2 aromatic carbocycles. The van der Waals surface area contributed by atoms with E-state index in [2.05, 4.69) is 35.9 Å². The molecule has 0 radical (unpaired) electrons.